The van der Waals surface area contributed by atoms with Gasteiger partial charge in [-0.3, -0.25) is 9.69 Å². The van der Waals surface area contributed by atoms with E-state index in [4.69, 9.17) is 0 Å². The van der Waals surface area contributed by atoms with Crippen LogP contribution in [0.5, 0.6) is 0 Å². The van der Waals surface area contributed by atoms with Crippen molar-refractivity contribution >= 4 is 21.6 Å². The van der Waals surface area contributed by atoms with Gasteiger partial charge < -0.3 is 4.90 Å². The maximum absolute atomic E-state index is 12.3. The molecule has 0 unspecified atom stereocenters. The normalized spacial score (nSPS) is 17.8. The standard InChI is InChI=1S/C10H12BrF3N4O/c11-8-7(5-15-16-9(8)19)18-3-1-17(2-4-18)6-10(12,13)14/h5H,1-4,6H2,(H,16,19). The van der Waals surface area contributed by atoms with Crippen LogP contribution < -0.4 is 10.5 Å². The van der Waals surface area contributed by atoms with Crippen LogP contribution in [0.4, 0.5) is 18.9 Å². The SMILES string of the molecule is O=c1[nH]ncc(N2CCN(CC(F)(F)F)CC2)c1Br. The van der Waals surface area contributed by atoms with E-state index in [1.165, 1.54) is 11.1 Å². The summed E-state index contributed by atoms with van der Waals surface area (Å²) in [5.41, 5.74) is 0.255. The van der Waals surface area contributed by atoms with Crippen molar-refractivity contribution in [2.45, 2.75) is 6.18 Å². The van der Waals surface area contributed by atoms with Crippen molar-refractivity contribution in [1.29, 1.82) is 0 Å². The Morgan fingerprint density at radius 2 is 1.95 bits per heavy atom. The highest BCUT2D eigenvalue weighted by atomic mass is 79.9. The van der Waals surface area contributed by atoms with Gasteiger partial charge in [-0.05, 0) is 15.9 Å². The molecule has 1 N–H and O–H groups in total. The van der Waals surface area contributed by atoms with Gasteiger partial charge in [0.2, 0.25) is 0 Å². The van der Waals surface area contributed by atoms with E-state index in [1.54, 1.807) is 0 Å². The topological polar surface area (TPSA) is 52.2 Å². The summed E-state index contributed by atoms with van der Waals surface area (Å²) in [4.78, 5) is 14.6. The second-order valence-corrected chi connectivity index (χ2v) is 5.07. The summed E-state index contributed by atoms with van der Waals surface area (Å²) in [7, 11) is 0. The lowest BCUT2D eigenvalue weighted by Crippen LogP contribution is -2.49. The molecular formula is C10H12BrF3N4O. The van der Waals surface area contributed by atoms with Crippen LogP contribution in [0.3, 0.4) is 0 Å². The Balaban J connectivity index is 2.00. The van der Waals surface area contributed by atoms with Crippen molar-refractivity contribution in [2.75, 3.05) is 37.6 Å². The minimum absolute atomic E-state index is 0.304. The Hall–Kier alpha value is -1.09. The zero-order chi connectivity index (χ0) is 14.0. The molecule has 2 heterocycles. The fraction of sp³-hybridized carbons (Fsp3) is 0.600. The molecule has 106 valence electrons. The molecule has 19 heavy (non-hydrogen) atoms. The van der Waals surface area contributed by atoms with Gasteiger partial charge in [0.1, 0.15) is 4.47 Å². The van der Waals surface area contributed by atoms with Crippen molar-refractivity contribution in [3.8, 4) is 0 Å². The molecule has 1 aliphatic rings. The van der Waals surface area contributed by atoms with Gasteiger partial charge in [0.25, 0.3) is 5.56 Å². The van der Waals surface area contributed by atoms with E-state index in [2.05, 4.69) is 26.1 Å². The summed E-state index contributed by atoms with van der Waals surface area (Å²) in [6.45, 7) is 0.576. The Morgan fingerprint density at radius 3 is 2.53 bits per heavy atom. The Bertz CT molecular complexity index is 496. The van der Waals surface area contributed by atoms with E-state index in [0.717, 1.165) is 0 Å². The largest absolute Gasteiger partial charge is 0.401 e. The third-order valence-electron chi connectivity index (χ3n) is 2.89. The number of hydrogen-bond acceptors (Lipinski definition) is 4. The van der Waals surface area contributed by atoms with Gasteiger partial charge in [0, 0.05) is 26.2 Å². The summed E-state index contributed by atoms with van der Waals surface area (Å²) in [5.74, 6) is 0. The number of H-pyrrole nitrogens is 1. The van der Waals surface area contributed by atoms with Crippen LogP contribution in [0, 0.1) is 0 Å². The zero-order valence-corrected chi connectivity index (χ0v) is 11.5. The van der Waals surface area contributed by atoms with Crippen molar-refractivity contribution in [3.05, 3.63) is 21.0 Å². The van der Waals surface area contributed by atoms with Gasteiger partial charge in [0.15, 0.2) is 0 Å². The molecule has 0 bridgehead atoms. The molecule has 0 amide bonds. The second kappa shape index (κ2) is 5.49. The number of nitrogens with one attached hydrogen (secondary N) is 1. The van der Waals surface area contributed by atoms with E-state index >= 15 is 0 Å². The lowest BCUT2D eigenvalue weighted by Gasteiger charge is -2.36. The quantitative estimate of drug-likeness (QED) is 0.879. The minimum atomic E-state index is -4.17. The molecule has 0 radical (unpaired) electrons. The Kier molecular flexibility index (Phi) is 4.14. The number of alkyl halides is 3. The van der Waals surface area contributed by atoms with Crippen LogP contribution in [0.2, 0.25) is 0 Å². The third-order valence-corrected chi connectivity index (χ3v) is 3.66. The molecule has 1 saturated heterocycles. The van der Waals surface area contributed by atoms with Crippen molar-refractivity contribution in [3.63, 3.8) is 0 Å². The van der Waals surface area contributed by atoms with E-state index < -0.39 is 12.7 Å². The molecule has 0 saturated carbocycles. The minimum Gasteiger partial charge on any atom is -0.367 e. The Labute approximate surface area is 115 Å². The molecule has 9 heteroatoms. The third kappa shape index (κ3) is 3.69. The molecule has 5 nitrogen and oxygen atoms in total. The van der Waals surface area contributed by atoms with Crippen molar-refractivity contribution < 1.29 is 13.2 Å². The van der Waals surface area contributed by atoms with Gasteiger partial charge >= 0.3 is 6.18 Å². The number of aromatic amines is 1. The molecule has 0 atom stereocenters. The highest BCUT2D eigenvalue weighted by Crippen LogP contribution is 2.23. The predicted molar refractivity (Wildman–Crippen MR) is 67.3 cm³/mol. The fourth-order valence-electron chi connectivity index (χ4n) is 2.00. The number of aromatic nitrogens is 2. The number of hydrogen-bond donors (Lipinski definition) is 1. The van der Waals surface area contributed by atoms with Gasteiger partial charge in [-0.2, -0.15) is 18.3 Å². The van der Waals surface area contributed by atoms with Crippen LogP contribution >= 0.6 is 15.9 Å². The molecule has 1 aliphatic heterocycles. The highest BCUT2D eigenvalue weighted by molar-refractivity contribution is 9.10. The predicted octanol–water partition coefficient (Wildman–Crippen LogP) is 1.22. The summed E-state index contributed by atoms with van der Waals surface area (Å²) in [5, 5.41) is 5.98. The van der Waals surface area contributed by atoms with Crippen LogP contribution in [0.1, 0.15) is 0 Å². The first-order chi connectivity index (χ1) is 8.87. The van der Waals surface area contributed by atoms with Gasteiger partial charge in [0.05, 0.1) is 18.4 Å². The van der Waals surface area contributed by atoms with E-state index in [0.29, 0.717) is 36.3 Å². The monoisotopic (exact) mass is 340 g/mol. The molecule has 0 spiro atoms. The van der Waals surface area contributed by atoms with Crippen LogP contribution in [0.15, 0.2) is 15.5 Å². The second-order valence-electron chi connectivity index (χ2n) is 4.28. The smallest absolute Gasteiger partial charge is 0.367 e. The maximum Gasteiger partial charge on any atom is 0.401 e. The van der Waals surface area contributed by atoms with Gasteiger partial charge in [-0.15, -0.1) is 0 Å². The molecule has 0 aromatic carbocycles. The first kappa shape index (κ1) is 14.3. The van der Waals surface area contributed by atoms with Gasteiger partial charge in [-0.25, -0.2) is 5.10 Å². The van der Waals surface area contributed by atoms with Crippen LogP contribution in [-0.2, 0) is 0 Å². The molecule has 2 rings (SSSR count). The summed E-state index contributed by atoms with van der Waals surface area (Å²) >= 11 is 3.16. The van der Waals surface area contributed by atoms with Crippen LogP contribution in [-0.4, -0.2) is 54.0 Å². The maximum atomic E-state index is 12.3. The van der Waals surface area contributed by atoms with Crippen LogP contribution in [0.25, 0.3) is 0 Å². The highest BCUT2D eigenvalue weighted by Gasteiger charge is 2.32. The summed E-state index contributed by atoms with van der Waals surface area (Å²) in [6.07, 6.45) is -2.68. The van der Waals surface area contributed by atoms with E-state index in [9.17, 15) is 18.0 Å². The summed E-state index contributed by atoms with van der Waals surface area (Å²) < 4.78 is 37.1. The molecule has 1 fully saturated rings. The first-order valence-electron chi connectivity index (χ1n) is 5.64. The van der Waals surface area contributed by atoms with E-state index in [-0.39, 0.29) is 5.56 Å². The molecule has 1 aromatic rings. The molecule has 1 aromatic heterocycles. The average molecular weight is 341 g/mol. The Morgan fingerprint density at radius 1 is 1.32 bits per heavy atom. The summed E-state index contributed by atoms with van der Waals surface area (Å²) in [6, 6.07) is 0. The fourth-order valence-corrected chi connectivity index (χ4v) is 2.44. The lowest BCUT2D eigenvalue weighted by molar-refractivity contribution is -0.146. The van der Waals surface area contributed by atoms with Gasteiger partial charge in [-0.1, -0.05) is 0 Å². The molecular weight excluding hydrogens is 329 g/mol. The number of anilines is 1. The molecule has 0 aliphatic carbocycles. The van der Waals surface area contributed by atoms with E-state index in [1.807, 2.05) is 4.90 Å². The number of rotatable bonds is 2. The lowest BCUT2D eigenvalue weighted by atomic mass is 10.3. The van der Waals surface area contributed by atoms with Crippen molar-refractivity contribution in [2.24, 2.45) is 0 Å². The first-order valence-corrected chi connectivity index (χ1v) is 6.43. The van der Waals surface area contributed by atoms with Crippen molar-refractivity contribution in [1.82, 2.24) is 15.1 Å². The zero-order valence-electron chi connectivity index (χ0n) is 9.87. The number of piperazine rings is 1. The average Bonchev–Trinajstić information content (AvgIpc) is 2.32. The number of nitrogens with zero attached hydrogens (tertiary/aromatic N) is 3. The number of halogens is 4.